The zero-order chi connectivity index (χ0) is 21.8. The first kappa shape index (κ1) is 21.0. The van der Waals surface area contributed by atoms with E-state index in [1.165, 1.54) is 0 Å². The van der Waals surface area contributed by atoms with Crippen molar-refractivity contribution in [1.29, 1.82) is 0 Å². The average Bonchev–Trinajstić information content (AvgIpc) is 2.79. The summed E-state index contributed by atoms with van der Waals surface area (Å²) in [6.07, 6.45) is 1.77. The van der Waals surface area contributed by atoms with Crippen LogP contribution >= 0.6 is 11.6 Å². The Morgan fingerprint density at radius 3 is 2.55 bits per heavy atom. The van der Waals surface area contributed by atoms with Gasteiger partial charge in [-0.2, -0.15) is 0 Å². The van der Waals surface area contributed by atoms with Crippen molar-refractivity contribution in [3.8, 4) is 28.4 Å². The summed E-state index contributed by atoms with van der Waals surface area (Å²) in [5.41, 5.74) is 4.70. The fourth-order valence-electron chi connectivity index (χ4n) is 3.60. The molecule has 0 fully saturated rings. The number of pyridine rings is 1. The Labute approximate surface area is 186 Å². The lowest BCUT2D eigenvalue weighted by Gasteiger charge is -2.13. The van der Waals surface area contributed by atoms with E-state index in [9.17, 15) is 5.11 Å². The fourth-order valence-corrected chi connectivity index (χ4v) is 3.76. The molecule has 4 rings (SSSR count). The molecule has 6 heteroatoms. The standard InChI is InChI=1S/C25H23ClN2O3/c1-30-20-6-3-17(25(13-20)31-2)14-27-15-18-11-16(4-8-24(18)29)21-9-10-28-23-12-19(26)5-7-22(21)23/h3-13,27,29H,14-15H2,1-2H3. The maximum absolute atomic E-state index is 10.4. The first-order valence-corrected chi connectivity index (χ1v) is 10.2. The SMILES string of the molecule is COc1ccc(CNCc2cc(-c3ccnc4cc(Cl)ccc34)ccc2O)c(OC)c1. The van der Waals surface area contributed by atoms with Crippen molar-refractivity contribution in [2.24, 2.45) is 0 Å². The number of ether oxygens (including phenoxy) is 2. The second kappa shape index (κ2) is 9.25. The van der Waals surface area contributed by atoms with Gasteiger partial charge in [-0.15, -0.1) is 0 Å². The highest BCUT2D eigenvalue weighted by Gasteiger charge is 2.10. The third-order valence-electron chi connectivity index (χ3n) is 5.22. The van der Waals surface area contributed by atoms with E-state index >= 15 is 0 Å². The molecule has 0 saturated heterocycles. The van der Waals surface area contributed by atoms with Crippen LogP contribution in [0.15, 0.2) is 66.9 Å². The van der Waals surface area contributed by atoms with Crippen LogP contribution in [0.3, 0.4) is 0 Å². The van der Waals surface area contributed by atoms with Crippen molar-refractivity contribution in [2.75, 3.05) is 14.2 Å². The van der Waals surface area contributed by atoms with Crippen LogP contribution in [0, 0.1) is 0 Å². The molecule has 0 atom stereocenters. The number of rotatable bonds is 7. The van der Waals surface area contributed by atoms with Gasteiger partial charge in [0.15, 0.2) is 0 Å². The van der Waals surface area contributed by atoms with Gasteiger partial charge >= 0.3 is 0 Å². The van der Waals surface area contributed by atoms with Crippen molar-refractivity contribution in [3.63, 3.8) is 0 Å². The summed E-state index contributed by atoms with van der Waals surface area (Å²) in [6.45, 7) is 1.09. The molecule has 1 aromatic heterocycles. The highest BCUT2D eigenvalue weighted by molar-refractivity contribution is 6.31. The molecule has 0 saturated carbocycles. The van der Waals surface area contributed by atoms with Gasteiger partial charge in [-0.25, -0.2) is 0 Å². The zero-order valence-electron chi connectivity index (χ0n) is 17.4. The molecule has 2 N–H and O–H groups in total. The van der Waals surface area contributed by atoms with Gasteiger partial charge < -0.3 is 19.9 Å². The molecule has 158 valence electrons. The topological polar surface area (TPSA) is 63.6 Å². The van der Waals surface area contributed by atoms with Crippen molar-refractivity contribution in [2.45, 2.75) is 13.1 Å². The quantitative estimate of drug-likeness (QED) is 0.398. The molecule has 0 amide bonds. The molecule has 0 bridgehead atoms. The lowest BCUT2D eigenvalue weighted by molar-refractivity contribution is 0.389. The van der Waals surface area contributed by atoms with E-state index < -0.39 is 0 Å². The second-order valence-electron chi connectivity index (χ2n) is 7.14. The Balaban J connectivity index is 1.56. The van der Waals surface area contributed by atoms with E-state index in [-0.39, 0.29) is 5.75 Å². The molecule has 0 radical (unpaired) electrons. The van der Waals surface area contributed by atoms with Crippen molar-refractivity contribution >= 4 is 22.5 Å². The summed E-state index contributed by atoms with van der Waals surface area (Å²) in [7, 11) is 3.27. The molecule has 0 spiro atoms. The molecule has 31 heavy (non-hydrogen) atoms. The van der Waals surface area contributed by atoms with Crippen molar-refractivity contribution in [1.82, 2.24) is 10.3 Å². The molecule has 0 aliphatic heterocycles. The van der Waals surface area contributed by atoms with E-state index in [1.54, 1.807) is 26.5 Å². The van der Waals surface area contributed by atoms with Gasteiger partial charge in [-0.05, 0) is 47.5 Å². The molecular weight excluding hydrogens is 412 g/mol. The van der Waals surface area contributed by atoms with E-state index in [1.807, 2.05) is 54.6 Å². The van der Waals surface area contributed by atoms with E-state index in [0.29, 0.717) is 18.1 Å². The second-order valence-corrected chi connectivity index (χ2v) is 7.58. The number of halogens is 1. The molecule has 0 aliphatic carbocycles. The Bertz CT molecular complexity index is 1230. The normalized spacial score (nSPS) is 10.9. The van der Waals surface area contributed by atoms with E-state index in [4.69, 9.17) is 21.1 Å². The number of phenolic OH excluding ortho intramolecular Hbond substituents is 1. The van der Waals surface area contributed by atoms with Crippen LogP contribution in [0.1, 0.15) is 11.1 Å². The van der Waals surface area contributed by atoms with Crippen molar-refractivity contribution < 1.29 is 14.6 Å². The predicted molar refractivity (Wildman–Crippen MR) is 124 cm³/mol. The first-order chi connectivity index (χ1) is 15.1. The molecule has 0 aliphatic rings. The van der Waals surface area contributed by atoms with Gasteiger partial charge in [-0.1, -0.05) is 29.8 Å². The predicted octanol–water partition coefficient (Wildman–Crippen LogP) is 5.57. The summed E-state index contributed by atoms with van der Waals surface area (Å²) < 4.78 is 10.7. The third-order valence-corrected chi connectivity index (χ3v) is 5.46. The number of aromatic hydroxyl groups is 1. The smallest absolute Gasteiger partial charge is 0.127 e. The van der Waals surface area contributed by atoms with Crippen LogP contribution in [-0.4, -0.2) is 24.3 Å². The zero-order valence-corrected chi connectivity index (χ0v) is 18.1. The maximum Gasteiger partial charge on any atom is 0.127 e. The third kappa shape index (κ3) is 4.58. The minimum atomic E-state index is 0.249. The van der Waals surface area contributed by atoms with E-state index in [0.717, 1.165) is 44.7 Å². The molecule has 5 nitrogen and oxygen atoms in total. The molecule has 4 aromatic rings. The number of hydrogen-bond donors (Lipinski definition) is 2. The Morgan fingerprint density at radius 2 is 1.74 bits per heavy atom. The number of nitrogens with one attached hydrogen (secondary N) is 1. The minimum Gasteiger partial charge on any atom is -0.508 e. The van der Waals surface area contributed by atoms with E-state index in [2.05, 4.69) is 10.3 Å². The number of methoxy groups -OCH3 is 2. The Hall–Kier alpha value is -3.28. The van der Waals surface area contributed by atoms with Gasteiger partial charge in [0.05, 0.1) is 19.7 Å². The summed E-state index contributed by atoms with van der Waals surface area (Å²) in [6, 6.07) is 19.0. The summed E-state index contributed by atoms with van der Waals surface area (Å²) in [4.78, 5) is 4.41. The van der Waals surface area contributed by atoms with Crippen LogP contribution in [0.4, 0.5) is 0 Å². The highest BCUT2D eigenvalue weighted by atomic mass is 35.5. The van der Waals surface area contributed by atoms with Gasteiger partial charge in [0.25, 0.3) is 0 Å². The minimum absolute atomic E-state index is 0.249. The van der Waals surface area contributed by atoms with Gasteiger partial charge in [-0.3, -0.25) is 4.98 Å². The number of fused-ring (bicyclic) bond motifs is 1. The highest BCUT2D eigenvalue weighted by Crippen LogP contribution is 2.32. The molecule has 1 heterocycles. The van der Waals surface area contributed by atoms with Crippen LogP contribution < -0.4 is 14.8 Å². The summed E-state index contributed by atoms with van der Waals surface area (Å²) in [5, 5.41) is 15.4. The summed E-state index contributed by atoms with van der Waals surface area (Å²) in [5.74, 6) is 1.75. The maximum atomic E-state index is 10.4. The molecule has 0 unspecified atom stereocenters. The molecule has 3 aromatic carbocycles. The van der Waals surface area contributed by atoms with Crippen molar-refractivity contribution in [3.05, 3.63) is 83.0 Å². The Morgan fingerprint density at radius 1 is 0.903 bits per heavy atom. The number of aromatic nitrogens is 1. The fraction of sp³-hybridized carbons (Fsp3) is 0.160. The van der Waals surface area contributed by atoms with Gasteiger partial charge in [0.1, 0.15) is 17.2 Å². The average molecular weight is 435 g/mol. The van der Waals surface area contributed by atoms with Crippen LogP contribution in [0.5, 0.6) is 17.2 Å². The first-order valence-electron chi connectivity index (χ1n) is 9.87. The number of phenols is 1. The van der Waals surface area contributed by atoms with Gasteiger partial charge in [0, 0.05) is 46.9 Å². The molecular formula is C25H23ClN2O3. The van der Waals surface area contributed by atoms with Crippen LogP contribution in [0.2, 0.25) is 5.02 Å². The van der Waals surface area contributed by atoms with Crippen LogP contribution in [-0.2, 0) is 13.1 Å². The summed E-state index contributed by atoms with van der Waals surface area (Å²) >= 11 is 6.11. The number of benzene rings is 3. The lowest BCUT2D eigenvalue weighted by Crippen LogP contribution is -2.13. The van der Waals surface area contributed by atoms with Gasteiger partial charge in [0.2, 0.25) is 0 Å². The number of nitrogens with zero attached hydrogens (tertiary/aromatic N) is 1. The lowest BCUT2D eigenvalue weighted by atomic mass is 9.99. The monoisotopic (exact) mass is 434 g/mol. The van der Waals surface area contributed by atoms with Crippen LogP contribution in [0.25, 0.3) is 22.0 Å². The Kier molecular flexibility index (Phi) is 6.26. The number of hydrogen-bond acceptors (Lipinski definition) is 5. The largest absolute Gasteiger partial charge is 0.508 e.